The molecule has 10 heteroatoms. The molecule has 1 atom stereocenters. The van der Waals surface area contributed by atoms with Crippen LogP contribution in [0.15, 0.2) is 81.2 Å². The predicted octanol–water partition coefficient (Wildman–Crippen LogP) is 2.26. The monoisotopic (exact) mass is 433 g/mol. The Morgan fingerprint density at radius 3 is 2.65 bits per heavy atom. The van der Waals surface area contributed by atoms with Crippen molar-refractivity contribution in [2.75, 3.05) is 0 Å². The van der Waals surface area contributed by atoms with Crippen molar-refractivity contribution in [2.24, 2.45) is 10.1 Å². The van der Waals surface area contributed by atoms with Crippen molar-refractivity contribution in [1.29, 1.82) is 0 Å². The summed E-state index contributed by atoms with van der Waals surface area (Å²) in [4.78, 5) is 28.1. The number of hydrogen-bond donors (Lipinski definition) is 1. The Morgan fingerprint density at radius 1 is 1.10 bits per heavy atom. The van der Waals surface area contributed by atoms with E-state index in [1.165, 1.54) is 28.9 Å². The average molecular weight is 433 g/mol. The van der Waals surface area contributed by atoms with Crippen LogP contribution in [0.4, 0.5) is 5.88 Å². The number of hydrazone groups is 1. The van der Waals surface area contributed by atoms with Crippen LogP contribution >= 0.6 is 11.8 Å². The lowest BCUT2D eigenvalue weighted by molar-refractivity contribution is -0.402. The first-order valence-corrected chi connectivity index (χ1v) is 10.4. The summed E-state index contributed by atoms with van der Waals surface area (Å²) in [5.41, 5.74) is 1.41. The molecule has 31 heavy (non-hydrogen) atoms. The average Bonchev–Trinajstić information content (AvgIpc) is 3.28. The van der Waals surface area contributed by atoms with Gasteiger partial charge in [-0.25, -0.2) is 10.0 Å². The Kier molecular flexibility index (Phi) is 4.75. The molecule has 1 amide bonds. The lowest BCUT2D eigenvalue weighted by Gasteiger charge is -2.32. The number of fused-ring (bicyclic) bond motifs is 2. The van der Waals surface area contributed by atoms with Gasteiger partial charge in [0.15, 0.2) is 10.9 Å². The van der Waals surface area contributed by atoms with E-state index >= 15 is 0 Å². The Morgan fingerprint density at radius 2 is 1.87 bits per heavy atom. The van der Waals surface area contributed by atoms with Gasteiger partial charge in [0.1, 0.15) is 10.6 Å². The highest BCUT2D eigenvalue weighted by atomic mass is 32.2. The second kappa shape index (κ2) is 7.73. The fraction of sp³-hybridized carbons (Fsp3) is 0.0952. The molecule has 0 spiro atoms. The fourth-order valence-electron chi connectivity index (χ4n) is 3.38. The third-order valence-corrected chi connectivity index (χ3v) is 5.72. The summed E-state index contributed by atoms with van der Waals surface area (Å²) in [5, 5.41) is 21.6. The van der Waals surface area contributed by atoms with E-state index in [9.17, 15) is 14.9 Å². The number of thioether (sulfide) groups is 1. The van der Waals surface area contributed by atoms with Gasteiger partial charge in [-0.3, -0.25) is 20.2 Å². The number of hydrogen-bond acceptors (Lipinski definition) is 8. The van der Waals surface area contributed by atoms with Crippen LogP contribution in [0.5, 0.6) is 0 Å². The van der Waals surface area contributed by atoms with Crippen molar-refractivity contribution in [3.63, 3.8) is 0 Å². The molecule has 0 bridgehead atoms. The molecular formula is C21H15N5O4S. The van der Waals surface area contributed by atoms with Gasteiger partial charge in [-0.1, -0.05) is 60.3 Å². The number of furan rings is 1. The second-order valence-electron chi connectivity index (χ2n) is 6.78. The number of amides is 1. The number of amidine groups is 1. The van der Waals surface area contributed by atoms with E-state index in [-0.39, 0.29) is 11.7 Å². The lowest BCUT2D eigenvalue weighted by Crippen LogP contribution is -2.50. The topological polar surface area (TPSA) is 113 Å². The standard InChI is InChI=1S/C21H15N5O4S/c27-20-18-14-8-4-5-9-15(14)22-19(16-10-11-17(30-16)26(28)29)25(18)24-21(23-20)31-12-13-6-2-1-3-7-13/h1-11,19H,12H2,(H,23,24,27). The fourth-order valence-corrected chi connectivity index (χ4v) is 4.19. The number of rotatable bonds is 4. The predicted molar refractivity (Wildman–Crippen MR) is 114 cm³/mol. The molecule has 1 N–H and O–H groups in total. The number of para-hydroxylation sites is 1. The zero-order valence-electron chi connectivity index (χ0n) is 16.0. The van der Waals surface area contributed by atoms with Crippen LogP contribution in [0.3, 0.4) is 0 Å². The third kappa shape index (κ3) is 3.57. The summed E-state index contributed by atoms with van der Waals surface area (Å²) in [6.07, 6.45) is -0.836. The number of nitrogens with zero attached hydrogens (tertiary/aromatic N) is 4. The molecular weight excluding hydrogens is 418 g/mol. The minimum absolute atomic E-state index is 0.226. The molecule has 2 aliphatic heterocycles. The quantitative estimate of drug-likeness (QED) is 0.499. The molecule has 1 aromatic heterocycles. The first-order valence-electron chi connectivity index (χ1n) is 9.37. The van der Waals surface area contributed by atoms with Crippen molar-refractivity contribution in [3.05, 3.63) is 98.7 Å². The maximum atomic E-state index is 13.0. The van der Waals surface area contributed by atoms with Crippen molar-refractivity contribution in [2.45, 2.75) is 11.9 Å². The highest BCUT2D eigenvalue weighted by Crippen LogP contribution is 2.33. The summed E-state index contributed by atoms with van der Waals surface area (Å²) in [7, 11) is 0. The maximum absolute atomic E-state index is 13.0. The van der Waals surface area contributed by atoms with Gasteiger partial charge in [0.25, 0.3) is 5.91 Å². The summed E-state index contributed by atoms with van der Waals surface area (Å²) in [6.45, 7) is 0. The van der Waals surface area contributed by atoms with Crippen LogP contribution < -0.4 is 15.9 Å². The van der Waals surface area contributed by atoms with Crippen molar-refractivity contribution in [1.82, 2.24) is 10.3 Å². The summed E-state index contributed by atoms with van der Waals surface area (Å²) in [5.74, 6) is 0.131. The largest absolute Gasteiger partial charge is 0.433 e. The van der Waals surface area contributed by atoms with Crippen LogP contribution in [0.2, 0.25) is 0 Å². The highest BCUT2D eigenvalue weighted by molar-refractivity contribution is 8.13. The first-order chi connectivity index (χ1) is 15.1. The van der Waals surface area contributed by atoms with Crippen LogP contribution in [0, 0.1) is 10.1 Å². The zero-order chi connectivity index (χ0) is 21.4. The Balaban J connectivity index is 1.57. The van der Waals surface area contributed by atoms with E-state index in [1.54, 1.807) is 12.1 Å². The van der Waals surface area contributed by atoms with Crippen LogP contribution in [0.1, 0.15) is 17.5 Å². The minimum atomic E-state index is -0.836. The van der Waals surface area contributed by atoms with Gasteiger partial charge in [-0.05, 0) is 17.7 Å². The van der Waals surface area contributed by atoms with E-state index < -0.39 is 17.0 Å². The first kappa shape index (κ1) is 19.1. The van der Waals surface area contributed by atoms with Gasteiger partial charge in [0, 0.05) is 11.0 Å². The number of nitro groups is 1. The van der Waals surface area contributed by atoms with Gasteiger partial charge in [-0.15, -0.1) is 5.10 Å². The normalized spacial score (nSPS) is 17.2. The maximum Gasteiger partial charge on any atom is 0.433 e. The minimum Gasteiger partial charge on any atom is -0.401 e. The molecule has 3 aromatic rings. The smallest absolute Gasteiger partial charge is 0.401 e. The molecule has 0 fully saturated rings. The van der Waals surface area contributed by atoms with E-state index in [0.717, 1.165) is 5.56 Å². The zero-order valence-corrected chi connectivity index (χ0v) is 16.8. The SMILES string of the molecule is O=C1NC(SCc2ccccc2)=NN2C1=c1ccccc1=NC2c1ccc([N+](=O)[O-])o1. The number of carbonyl (C=O) groups excluding carboxylic acids is 1. The highest BCUT2D eigenvalue weighted by Gasteiger charge is 2.36. The van der Waals surface area contributed by atoms with Gasteiger partial charge in [0.2, 0.25) is 6.17 Å². The Hall–Kier alpha value is -3.92. The summed E-state index contributed by atoms with van der Waals surface area (Å²) < 4.78 is 5.39. The van der Waals surface area contributed by atoms with Crippen LogP contribution in [-0.2, 0) is 10.5 Å². The van der Waals surface area contributed by atoms with Crippen molar-refractivity contribution in [3.8, 4) is 0 Å². The van der Waals surface area contributed by atoms with E-state index in [2.05, 4.69) is 15.4 Å². The lowest BCUT2D eigenvalue weighted by atomic mass is 10.1. The number of benzene rings is 2. The Labute approximate surface area is 179 Å². The molecule has 0 aliphatic carbocycles. The number of carbonyl (C=O) groups is 1. The van der Waals surface area contributed by atoms with Crippen molar-refractivity contribution < 1.29 is 14.1 Å². The molecule has 9 nitrogen and oxygen atoms in total. The van der Waals surface area contributed by atoms with Gasteiger partial charge in [-0.2, -0.15) is 0 Å². The van der Waals surface area contributed by atoms with E-state index in [0.29, 0.717) is 27.2 Å². The summed E-state index contributed by atoms with van der Waals surface area (Å²) >= 11 is 1.38. The number of nitrogens with one attached hydrogen (secondary N) is 1. The Bertz CT molecular complexity index is 1340. The molecule has 2 aromatic carbocycles. The molecule has 3 heterocycles. The van der Waals surface area contributed by atoms with E-state index in [4.69, 9.17) is 4.42 Å². The van der Waals surface area contributed by atoms with Crippen LogP contribution in [0.25, 0.3) is 5.70 Å². The molecule has 5 rings (SSSR count). The third-order valence-electron chi connectivity index (χ3n) is 4.78. The van der Waals surface area contributed by atoms with Crippen LogP contribution in [-0.4, -0.2) is 21.0 Å². The molecule has 0 saturated heterocycles. The summed E-state index contributed by atoms with van der Waals surface area (Å²) in [6, 6.07) is 19.8. The van der Waals surface area contributed by atoms with Gasteiger partial charge < -0.3 is 4.42 Å². The molecule has 1 unspecified atom stereocenters. The molecule has 2 aliphatic rings. The van der Waals surface area contributed by atoms with Crippen molar-refractivity contribution >= 4 is 34.4 Å². The molecule has 0 radical (unpaired) electrons. The second-order valence-corrected chi connectivity index (χ2v) is 7.74. The van der Waals surface area contributed by atoms with E-state index in [1.807, 2.05) is 42.5 Å². The molecule has 154 valence electrons. The van der Waals surface area contributed by atoms with Gasteiger partial charge in [0.05, 0.1) is 11.4 Å². The van der Waals surface area contributed by atoms with Gasteiger partial charge >= 0.3 is 5.88 Å². The molecule has 0 saturated carbocycles.